The Balaban J connectivity index is 1.64. The fourth-order valence-electron chi connectivity index (χ4n) is 2.59. The summed E-state index contributed by atoms with van der Waals surface area (Å²) in [6.07, 6.45) is 3.97. The maximum Gasteiger partial charge on any atom is 0.147 e. The van der Waals surface area contributed by atoms with Crippen molar-refractivity contribution in [3.63, 3.8) is 0 Å². The summed E-state index contributed by atoms with van der Waals surface area (Å²) in [6, 6.07) is 0. The lowest BCUT2D eigenvalue weighted by Crippen LogP contribution is -2.34. The molecule has 5 nitrogen and oxygen atoms in total. The molecule has 0 N–H and O–H groups in total. The molecule has 2 aliphatic rings. The number of rotatable bonds is 6. The van der Waals surface area contributed by atoms with E-state index in [0.29, 0.717) is 38.4 Å². The average molecular weight is 258 g/mol. The van der Waals surface area contributed by atoms with Gasteiger partial charge in [-0.2, -0.15) is 0 Å². The van der Waals surface area contributed by atoms with Gasteiger partial charge in [0, 0.05) is 26.4 Å². The van der Waals surface area contributed by atoms with E-state index in [1.165, 1.54) is 0 Å². The van der Waals surface area contributed by atoms with Gasteiger partial charge in [0.2, 0.25) is 0 Å². The van der Waals surface area contributed by atoms with Crippen LogP contribution < -0.4 is 0 Å². The van der Waals surface area contributed by atoms with Gasteiger partial charge in [0.1, 0.15) is 12.6 Å². The van der Waals surface area contributed by atoms with Crippen molar-refractivity contribution in [1.82, 2.24) is 0 Å². The zero-order valence-corrected chi connectivity index (χ0v) is 11.0. The van der Waals surface area contributed by atoms with E-state index in [0.717, 1.165) is 19.3 Å². The number of ether oxygens (including phenoxy) is 4. The van der Waals surface area contributed by atoms with Gasteiger partial charge in [-0.15, -0.1) is 0 Å². The van der Waals surface area contributed by atoms with Crippen molar-refractivity contribution in [2.24, 2.45) is 0 Å². The molecule has 0 bridgehead atoms. The van der Waals surface area contributed by atoms with Gasteiger partial charge in [0.15, 0.2) is 0 Å². The first-order valence-corrected chi connectivity index (χ1v) is 6.58. The Bertz CT molecular complexity index is 269. The van der Waals surface area contributed by atoms with Crippen molar-refractivity contribution in [2.75, 3.05) is 33.7 Å². The minimum absolute atomic E-state index is 0.0979. The molecule has 2 rings (SSSR count). The van der Waals surface area contributed by atoms with Crippen LogP contribution in [0.3, 0.4) is 0 Å². The van der Waals surface area contributed by atoms with Crippen LogP contribution in [0, 0.1) is 0 Å². The van der Waals surface area contributed by atoms with Crippen molar-refractivity contribution in [1.29, 1.82) is 0 Å². The second-order valence-corrected chi connectivity index (χ2v) is 5.04. The third-order valence-electron chi connectivity index (χ3n) is 3.71. The average Bonchev–Trinajstić information content (AvgIpc) is 2.77. The molecular weight excluding hydrogens is 236 g/mol. The smallest absolute Gasteiger partial charge is 0.147 e. The van der Waals surface area contributed by atoms with Crippen LogP contribution in [0.25, 0.3) is 0 Å². The molecule has 104 valence electrons. The van der Waals surface area contributed by atoms with Gasteiger partial charge in [-0.25, -0.2) is 0 Å². The highest BCUT2D eigenvalue weighted by Crippen LogP contribution is 2.39. The van der Waals surface area contributed by atoms with Crippen LogP contribution in [-0.2, 0) is 23.7 Å². The predicted molar refractivity (Wildman–Crippen MR) is 64.3 cm³/mol. The largest absolute Gasteiger partial charge is 0.382 e. The topological polar surface area (TPSA) is 54.0 Å². The van der Waals surface area contributed by atoms with Gasteiger partial charge < -0.3 is 18.9 Å². The zero-order chi connectivity index (χ0) is 12.8. The first-order valence-electron chi connectivity index (χ1n) is 6.58. The van der Waals surface area contributed by atoms with Gasteiger partial charge in [-0.05, 0) is 12.8 Å². The summed E-state index contributed by atoms with van der Waals surface area (Å²) in [5.41, 5.74) is -0.106. The third-order valence-corrected chi connectivity index (χ3v) is 3.71. The lowest BCUT2D eigenvalue weighted by molar-refractivity contribution is -0.126. The molecule has 18 heavy (non-hydrogen) atoms. The van der Waals surface area contributed by atoms with Crippen molar-refractivity contribution in [3.8, 4) is 0 Å². The molecule has 2 fully saturated rings. The van der Waals surface area contributed by atoms with Crippen LogP contribution in [-0.4, -0.2) is 51.2 Å². The maximum absolute atomic E-state index is 11.2. The van der Waals surface area contributed by atoms with E-state index in [1.54, 1.807) is 7.11 Å². The van der Waals surface area contributed by atoms with E-state index in [1.807, 2.05) is 0 Å². The zero-order valence-electron chi connectivity index (χ0n) is 11.0. The Morgan fingerprint density at radius 1 is 1.33 bits per heavy atom. The van der Waals surface area contributed by atoms with E-state index in [2.05, 4.69) is 0 Å². The van der Waals surface area contributed by atoms with E-state index >= 15 is 0 Å². The molecule has 0 aromatic heterocycles. The summed E-state index contributed by atoms with van der Waals surface area (Å²) in [5, 5.41) is 0. The number of Topliss-reactive ketones (excluding diaryl/α,β-unsaturated/α-hetero) is 1. The first-order chi connectivity index (χ1) is 8.74. The molecule has 0 amide bonds. The molecular formula is C13H22O5. The minimum atomic E-state index is -0.106. The van der Waals surface area contributed by atoms with E-state index in [4.69, 9.17) is 18.9 Å². The highest BCUT2D eigenvalue weighted by atomic mass is 16.7. The van der Waals surface area contributed by atoms with Crippen molar-refractivity contribution >= 4 is 5.78 Å². The Kier molecular flexibility index (Phi) is 5.12. The molecule has 1 heterocycles. The summed E-state index contributed by atoms with van der Waals surface area (Å²) in [7, 11) is 1.64. The number of hydrogen-bond donors (Lipinski definition) is 0. The summed E-state index contributed by atoms with van der Waals surface area (Å²) < 4.78 is 21.6. The van der Waals surface area contributed by atoms with Crippen molar-refractivity contribution < 1.29 is 23.7 Å². The van der Waals surface area contributed by atoms with E-state index in [-0.39, 0.29) is 18.5 Å². The van der Waals surface area contributed by atoms with Gasteiger partial charge in [0.05, 0.1) is 31.5 Å². The van der Waals surface area contributed by atoms with Crippen molar-refractivity contribution in [2.45, 2.75) is 43.8 Å². The van der Waals surface area contributed by atoms with Crippen LogP contribution in [0.15, 0.2) is 0 Å². The molecule has 0 aromatic rings. The van der Waals surface area contributed by atoms with Crippen LogP contribution >= 0.6 is 0 Å². The molecule has 0 aromatic carbocycles. The second-order valence-electron chi connectivity index (χ2n) is 5.04. The second kappa shape index (κ2) is 6.61. The van der Waals surface area contributed by atoms with Crippen LogP contribution in [0.4, 0.5) is 0 Å². The first kappa shape index (κ1) is 13.9. The van der Waals surface area contributed by atoms with Gasteiger partial charge in [0.25, 0.3) is 0 Å². The highest BCUT2D eigenvalue weighted by molar-refractivity contribution is 5.79. The Morgan fingerprint density at radius 3 is 2.83 bits per heavy atom. The molecule has 1 saturated heterocycles. The SMILES string of the molecule is COCCOCOC1COC2(CCC(=O)CC2)C1. The number of hydrogen-bond acceptors (Lipinski definition) is 5. The maximum atomic E-state index is 11.2. The molecule has 1 atom stereocenters. The van der Waals surface area contributed by atoms with E-state index < -0.39 is 0 Å². The number of carbonyl (C=O) groups is 1. The van der Waals surface area contributed by atoms with E-state index in [9.17, 15) is 4.79 Å². The monoisotopic (exact) mass is 258 g/mol. The molecule has 5 heteroatoms. The molecule has 1 aliphatic heterocycles. The summed E-state index contributed by atoms with van der Waals surface area (Å²) in [4.78, 5) is 11.2. The van der Waals surface area contributed by atoms with Gasteiger partial charge >= 0.3 is 0 Å². The fourth-order valence-corrected chi connectivity index (χ4v) is 2.59. The minimum Gasteiger partial charge on any atom is -0.382 e. The standard InChI is InChI=1S/C13H22O5/c1-15-6-7-16-10-17-12-8-13(18-9-12)4-2-11(14)3-5-13/h12H,2-10H2,1H3. The molecule has 1 spiro atoms. The highest BCUT2D eigenvalue weighted by Gasteiger charge is 2.43. The van der Waals surface area contributed by atoms with Gasteiger partial charge in [-0.3, -0.25) is 4.79 Å². The lowest BCUT2D eigenvalue weighted by atomic mass is 9.82. The fraction of sp³-hybridized carbons (Fsp3) is 0.923. The Hall–Kier alpha value is -0.490. The number of methoxy groups -OCH3 is 1. The summed E-state index contributed by atoms with van der Waals surface area (Å²) in [6.45, 7) is 2.02. The van der Waals surface area contributed by atoms with Crippen LogP contribution in [0.5, 0.6) is 0 Å². The van der Waals surface area contributed by atoms with Gasteiger partial charge in [-0.1, -0.05) is 0 Å². The molecule has 1 unspecified atom stereocenters. The van der Waals surface area contributed by atoms with Crippen LogP contribution in [0.2, 0.25) is 0 Å². The summed E-state index contributed by atoms with van der Waals surface area (Å²) in [5.74, 6) is 0.358. The predicted octanol–water partition coefficient (Wildman–Crippen LogP) is 1.29. The Morgan fingerprint density at radius 2 is 2.11 bits per heavy atom. The molecule has 0 radical (unpaired) electrons. The molecule has 1 aliphatic carbocycles. The normalized spacial score (nSPS) is 26.9. The Labute approximate surface area is 108 Å². The number of carbonyl (C=O) groups excluding carboxylic acids is 1. The number of ketones is 1. The quantitative estimate of drug-likeness (QED) is 0.531. The molecule has 1 saturated carbocycles. The lowest BCUT2D eigenvalue weighted by Gasteiger charge is -2.31. The summed E-state index contributed by atoms with van der Waals surface area (Å²) >= 11 is 0. The van der Waals surface area contributed by atoms with Crippen LogP contribution in [0.1, 0.15) is 32.1 Å². The third kappa shape index (κ3) is 3.75. The van der Waals surface area contributed by atoms with Crippen molar-refractivity contribution in [3.05, 3.63) is 0 Å².